The minimum atomic E-state index is 0.476. The minimum Gasteiger partial charge on any atom is -0.328 e. The van der Waals surface area contributed by atoms with Gasteiger partial charge in [-0.25, -0.2) is 0 Å². The van der Waals surface area contributed by atoms with Crippen molar-refractivity contribution in [2.75, 3.05) is 0 Å². The summed E-state index contributed by atoms with van der Waals surface area (Å²) in [5.41, 5.74) is 5.99. The summed E-state index contributed by atoms with van der Waals surface area (Å²) < 4.78 is 0. The van der Waals surface area contributed by atoms with Crippen molar-refractivity contribution >= 4 is 0 Å². The van der Waals surface area contributed by atoms with E-state index in [0.29, 0.717) is 6.04 Å². The van der Waals surface area contributed by atoms with E-state index in [0.717, 1.165) is 17.8 Å². The predicted molar refractivity (Wildman–Crippen MR) is 53.9 cm³/mol. The van der Waals surface area contributed by atoms with E-state index in [1.54, 1.807) is 0 Å². The van der Waals surface area contributed by atoms with Crippen molar-refractivity contribution in [1.29, 1.82) is 0 Å². The molecule has 0 radical (unpaired) electrons. The Balaban J connectivity index is 2.46. The third-order valence-electron chi connectivity index (χ3n) is 3.26. The first kappa shape index (κ1) is 10.0. The highest BCUT2D eigenvalue weighted by atomic mass is 14.6. The van der Waals surface area contributed by atoms with Gasteiger partial charge in [-0.1, -0.05) is 20.8 Å². The average molecular weight is 169 g/mol. The first-order chi connectivity index (χ1) is 5.59. The normalized spacial score (nSPS) is 38.2. The van der Waals surface area contributed by atoms with Gasteiger partial charge in [-0.2, -0.15) is 0 Å². The van der Waals surface area contributed by atoms with E-state index in [-0.39, 0.29) is 0 Å². The Morgan fingerprint density at radius 1 is 1.17 bits per heavy atom. The van der Waals surface area contributed by atoms with Gasteiger partial charge in [-0.05, 0) is 43.4 Å². The van der Waals surface area contributed by atoms with Crippen LogP contribution in [0.25, 0.3) is 0 Å². The molecule has 1 fully saturated rings. The molecule has 72 valence electrons. The topological polar surface area (TPSA) is 26.0 Å². The second kappa shape index (κ2) is 4.27. The molecule has 0 aliphatic heterocycles. The van der Waals surface area contributed by atoms with Crippen LogP contribution in [-0.4, -0.2) is 6.04 Å². The summed E-state index contributed by atoms with van der Waals surface area (Å²) in [5.74, 6) is 2.61. The Bertz CT molecular complexity index is 131. The smallest absolute Gasteiger partial charge is 0.00414 e. The van der Waals surface area contributed by atoms with Crippen LogP contribution in [0.5, 0.6) is 0 Å². The lowest BCUT2D eigenvalue weighted by molar-refractivity contribution is 0.308. The second-order valence-corrected chi connectivity index (χ2v) is 4.92. The Kier molecular flexibility index (Phi) is 3.57. The van der Waals surface area contributed by atoms with Gasteiger partial charge in [-0.15, -0.1) is 0 Å². The van der Waals surface area contributed by atoms with Gasteiger partial charge in [-0.3, -0.25) is 0 Å². The summed E-state index contributed by atoms with van der Waals surface area (Å²) in [7, 11) is 0. The van der Waals surface area contributed by atoms with Crippen LogP contribution in [0.2, 0.25) is 0 Å². The van der Waals surface area contributed by atoms with E-state index in [2.05, 4.69) is 20.8 Å². The molecule has 1 aliphatic rings. The first-order valence-electron chi connectivity index (χ1n) is 5.35. The highest BCUT2D eigenvalue weighted by Crippen LogP contribution is 2.31. The van der Waals surface area contributed by atoms with Gasteiger partial charge < -0.3 is 5.73 Å². The minimum absolute atomic E-state index is 0.476. The number of nitrogens with two attached hydrogens (primary N) is 1. The molecule has 0 aromatic carbocycles. The highest BCUT2D eigenvalue weighted by Gasteiger charge is 2.22. The SMILES string of the molecule is CC(C)[C@@H]1CC[C@H](N)C[C@@H](C)C1. The maximum atomic E-state index is 5.99. The molecule has 3 atom stereocenters. The molecule has 1 nitrogen and oxygen atoms in total. The fourth-order valence-electron chi connectivity index (χ4n) is 2.40. The van der Waals surface area contributed by atoms with E-state index in [4.69, 9.17) is 5.73 Å². The molecule has 1 aliphatic carbocycles. The van der Waals surface area contributed by atoms with Crippen LogP contribution in [0.1, 0.15) is 46.5 Å². The molecular weight excluding hydrogens is 146 g/mol. The van der Waals surface area contributed by atoms with Gasteiger partial charge >= 0.3 is 0 Å². The van der Waals surface area contributed by atoms with Crippen LogP contribution in [0.3, 0.4) is 0 Å². The van der Waals surface area contributed by atoms with E-state index in [1.165, 1.54) is 25.7 Å². The molecule has 0 heterocycles. The maximum Gasteiger partial charge on any atom is 0.00414 e. The van der Waals surface area contributed by atoms with Crippen LogP contribution >= 0.6 is 0 Å². The molecular formula is C11H23N. The number of rotatable bonds is 1. The zero-order valence-corrected chi connectivity index (χ0v) is 8.72. The summed E-state index contributed by atoms with van der Waals surface area (Å²) in [6.07, 6.45) is 5.23. The zero-order valence-electron chi connectivity index (χ0n) is 8.72. The molecule has 0 bridgehead atoms. The zero-order chi connectivity index (χ0) is 9.14. The summed E-state index contributed by atoms with van der Waals surface area (Å²) in [6, 6.07) is 0.476. The van der Waals surface area contributed by atoms with E-state index in [9.17, 15) is 0 Å². The highest BCUT2D eigenvalue weighted by molar-refractivity contribution is 4.77. The third-order valence-corrected chi connectivity index (χ3v) is 3.26. The van der Waals surface area contributed by atoms with E-state index < -0.39 is 0 Å². The predicted octanol–water partition coefficient (Wildman–Crippen LogP) is 2.80. The fourth-order valence-corrected chi connectivity index (χ4v) is 2.40. The Morgan fingerprint density at radius 3 is 2.42 bits per heavy atom. The molecule has 0 spiro atoms. The third kappa shape index (κ3) is 2.78. The monoisotopic (exact) mass is 169 g/mol. The van der Waals surface area contributed by atoms with E-state index >= 15 is 0 Å². The molecule has 12 heavy (non-hydrogen) atoms. The van der Waals surface area contributed by atoms with Crippen molar-refractivity contribution in [2.45, 2.75) is 52.5 Å². The van der Waals surface area contributed by atoms with Gasteiger partial charge in [0.2, 0.25) is 0 Å². The molecule has 0 amide bonds. The summed E-state index contributed by atoms with van der Waals surface area (Å²) in [4.78, 5) is 0. The van der Waals surface area contributed by atoms with Crippen molar-refractivity contribution in [1.82, 2.24) is 0 Å². The maximum absolute atomic E-state index is 5.99. The van der Waals surface area contributed by atoms with Gasteiger partial charge in [0.05, 0.1) is 0 Å². The molecule has 1 rings (SSSR count). The Morgan fingerprint density at radius 2 is 1.83 bits per heavy atom. The number of hydrogen-bond acceptors (Lipinski definition) is 1. The lowest BCUT2D eigenvalue weighted by Gasteiger charge is -2.20. The Labute approximate surface area is 76.7 Å². The summed E-state index contributed by atoms with van der Waals surface area (Å²) in [6.45, 7) is 7.03. The lowest BCUT2D eigenvalue weighted by atomic mass is 9.86. The quantitative estimate of drug-likeness (QED) is 0.600. The molecule has 1 saturated carbocycles. The molecule has 0 aromatic rings. The van der Waals surface area contributed by atoms with Crippen molar-refractivity contribution in [3.8, 4) is 0 Å². The van der Waals surface area contributed by atoms with Crippen LogP contribution in [-0.2, 0) is 0 Å². The van der Waals surface area contributed by atoms with Crippen LogP contribution in [0.15, 0.2) is 0 Å². The first-order valence-corrected chi connectivity index (χ1v) is 5.35. The number of hydrogen-bond donors (Lipinski definition) is 1. The molecule has 1 heteroatoms. The largest absolute Gasteiger partial charge is 0.328 e. The second-order valence-electron chi connectivity index (χ2n) is 4.92. The van der Waals surface area contributed by atoms with Crippen molar-refractivity contribution in [3.05, 3.63) is 0 Å². The van der Waals surface area contributed by atoms with Crippen molar-refractivity contribution < 1.29 is 0 Å². The van der Waals surface area contributed by atoms with Gasteiger partial charge in [0.1, 0.15) is 0 Å². The fraction of sp³-hybridized carbons (Fsp3) is 1.00. The van der Waals surface area contributed by atoms with E-state index in [1.807, 2.05) is 0 Å². The van der Waals surface area contributed by atoms with Gasteiger partial charge in [0.15, 0.2) is 0 Å². The Hall–Kier alpha value is -0.0400. The van der Waals surface area contributed by atoms with Crippen LogP contribution < -0.4 is 5.73 Å². The molecule has 0 unspecified atom stereocenters. The molecule has 2 N–H and O–H groups in total. The summed E-state index contributed by atoms with van der Waals surface area (Å²) in [5, 5.41) is 0. The van der Waals surface area contributed by atoms with Crippen LogP contribution in [0, 0.1) is 17.8 Å². The van der Waals surface area contributed by atoms with Gasteiger partial charge in [0, 0.05) is 6.04 Å². The van der Waals surface area contributed by atoms with Crippen molar-refractivity contribution in [2.24, 2.45) is 23.5 Å². The standard InChI is InChI=1S/C11H23N/c1-8(2)10-4-5-11(12)7-9(3)6-10/h8-11H,4-7,12H2,1-3H3/t9-,10+,11-/m0/s1. The van der Waals surface area contributed by atoms with Gasteiger partial charge in [0.25, 0.3) is 0 Å². The molecule has 0 saturated heterocycles. The van der Waals surface area contributed by atoms with Crippen LogP contribution in [0.4, 0.5) is 0 Å². The average Bonchev–Trinajstić information content (AvgIpc) is 2.11. The lowest BCUT2D eigenvalue weighted by Crippen LogP contribution is -2.20. The molecule has 0 aromatic heterocycles. The van der Waals surface area contributed by atoms with Crippen molar-refractivity contribution in [3.63, 3.8) is 0 Å². The summed E-state index contributed by atoms with van der Waals surface area (Å²) >= 11 is 0.